The fraction of sp³-hybridized carbons (Fsp3) is 0.600. The third-order valence-corrected chi connectivity index (χ3v) is 2.58. The molecule has 1 fully saturated rings. The molecular formula is C10H16N4O. The van der Waals surface area contributed by atoms with Crippen LogP contribution in [0.1, 0.15) is 18.5 Å². The number of carbonyl (C=O) groups is 1. The Bertz CT molecular complexity index is 341. The van der Waals surface area contributed by atoms with Gasteiger partial charge in [-0.25, -0.2) is 4.79 Å². The summed E-state index contributed by atoms with van der Waals surface area (Å²) in [6.07, 6.45) is 4.12. The van der Waals surface area contributed by atoms with Gasteiger partial charge in [0.25, 0.3) is 0 Å². The molecule has 2 rings (SSSR count). The van der Waals surface area contributed by atoms with Crippen LogP contribution >= 0.6 is 0 Å². The molecule has 0 aromatic carbocycles. The first-order valence-corrected chi connectivity index (χ1v) is 5.27. The first-order valence-electron chi connectivity index (χ1n) is 5.27. The van der Waals surface area contributed by atoms with E-state index in [4.69, 9.17) is 0 Å². The number of aryl methyl sites for hydroxylation is 1. The summed E-state index contributed by atoms with van der Waals surface area (Å²) in [6.45, 7) is 2.28. The van der Waals surface area contributed by atoms with Crippen LogP contribution in [0.15, 0.2) is 12.3 Å². The summed E-state index contributed by atoms with van der Waals surface area (Å²) in [5.74, 6) is 0. The molecule has 1 aliphatic heterocycles. The molecule has 0 bridgehead atoms. The number of carbonyl (C=O) groups excluding carboxylic acids is 1. The highest BCUT2D eigenvalue weighted by molar-refractivity contribution is 5.74. The maximum absolute atomic E-state index is 11.6. The molecular weight excluding hydrogens is 192 g/mol. The summed E-state index contributed by atoms with van der Waals surface area (Å²) in [4.78, 5) is 13.5. The Hall–Kier alpha value is -1.52. The summed E-state index contributed by atoms with van der Waals surface area (Å²) >= 11 is 0. The van der Waals surface area contributed by atoms with E-state index in [1.165, 1.54) is 0 Å². The van der Waals surface area contributed by atoms with Crippen molar-refractivity contribution < 1.29 is 4.79 Å². The minimum absolute atomic E-state index is 0.0261. The number of rotatable bonds is 2. The number of aromatic nitrogens is 2. The second-order valence-corrected chi connectivity index (χ2v) is 3.83. The molecule has 2 heterocycles. The molecule has 1 aliphatic rings. The lowest BCUT2D eigenvalue weighted by atomic mass is 10.4. The van der Waals surface area contributed by atoms with E-state index in [-0.39, 0.29) is 6.03 Å². The topological polar surface area (TPSA) is 50.2 Å². The molecule has 1 N–H and O–H groups in total. The number of hydrogen-bond donors (Lipinski definition) is 1. The summed E-state index contributed by atoms with van der Waals surface area (Å²) < 4.78 is 1.73. The van der Waals surface area contributed by atoms with Gasteiger partial charge in [-0.05, 0) is 18.9 Å². The zero-order valence-corrected chi connectivity index (χ0v) is 8.94. The monoisotopic (exact) mass is 208 g/mol. The van der Waals surface area contributed by atoms with Crippen molar-refractivity contribution in [1.29, 1.82) is 0 Å². The third kappa shape index (κ3) is 2.49. The predicted molar refractivity (Wildman–Crippen MR) is 56.3 cm³/mol. The third-order valence-electron chi connectivity index (χ3n) is 2.58. The molecule has 0 atom stereocenters. The van der Waals surface area contributed by atoms with Gasteiger partial charge >= 0.3 is 6.03 Å². The molecule has 0 spiro atoms. The van der Waals surface area contributed by atoms with Crippen molar-refractivity contribution in [2.45, 2.75) is 19.4 Å². The van der Waals surface area contributed by atoms with Gasteiger partial charge in [-0.3, -0.25) is 4.68 Å². The van der Waals surface area contributed by atoms with Crippen LogP contribution in [-0.4, -0.2) is 33.8 Å². The van der Waals surface area contributed by atoms with Gasteiger partial charge in [0.05, 0.1) is 12.2 Å². The summed E-state index contributed by atoms with van der Waals surface area (Å²) in [5, 5.41) is 7.06. The van der Waals surface area contributed by atoms with E-state index >= 15 is 0 Å². The van der Waals surface area contributed by atoms with Crippen LogP contribution in [0.5, 0.6) is 0 Å². The fourth-order valence-electron chi connectivity index (χ4n) is 1.76. The molecule has 2 amide bonds. The maximum Gasteiger partial charge on any atom is 0.317 e. The van der Waals surface area contributed by atoms with Crippen molar-refractivity contribution in [3.8, 4) is 0 Å². The van der Waals surface area contributed by atoms with Crippen LogP contribution in [0, 0.1) is 0 Å². The summed E-state index contributed by atoms with van der Waals surface area (Å²) in [7, 11) is 1.87. The van der Waals surface area contributed by atoms with E-state index in [1.807, 2.05) is 24.2 Å². The SMILES string of the molecule is Cn1ccc(CNC(=O)N2CCCC2)n1. The molecule has 0 aliphatic carbocycles. The van der Waals surface area contributed by atoms with Crippen LogP contribution in [0.2, 0.25) is 0 Å². The second kappa shape index (κ2) is 4.33. The van der Waals surface area contributed by atoms with E-state index in [2.05, 4.69) is 10.4 Å². The Morgan fingerprint density at radius 3 is 2.87 bits per heavy atom. The number of urea groups is 1. The van der Waals surface area contributed by atoms with Gasteiger partial charge in [0, 0.05) is 26.3 Å². The van der Waals surface area contributed by atoms with E-state index in [9.17, 15) is 4.79 Å². The van der Waals surface area contributed by atoms with Crippen molar-refractivity contribution in [2.24, 2.45) is 7.05 Å². The van der Waals surface area contributed by atoms with E-state index in [1.54, 1.807) is 4.68 Å². The fourth-order valence-corrected chi connectivity index (χ4v) is 1.76. The van der Waals surface area contributed by atoms with Crippen molar-refractivity contribution in [3.05, 3.63) is 18.0 Å². The predicted octanol–water partition coefficient (Wildman–Crippen LogP) is 0.725. The van der Waals surface area contributed by atoms with E-state index < -0.39 is 0 Å². The van der Waals surface area contributed by atoms with Gasteiger partial charge in [0.2, 0.25) is 0 Å². The number of nitrogens with zero attached hydrogens (tertiary/aromatic N) is 3. The minimum Gasteiger partial charge on any atom is -0.332 e. The Labute approximate surface area is 89.1 Å². The number of hydrogen-bond acceptors (Lipinski definition) is 2. The maximum atomic E-state index is 11.6. The van der Waals surface area contributed by atoms with E-state index in [0.29, 0.717) is 6.54 Å². The highest BCUT2D eigenvalue weighted by atomic mass is 16.2. The normalized spacial score (nSPS) is 15.7. The van der Waals surface area contributed by atoms with Crippen LogP contribution in [-0.2, 0) is 13.6 Å². The van der Waals surface area contributed by atoms with Gasteiger partial charge < -0.3 is 10.2 Å². The molecule has 82 valence electrons. The lowest BCUT2D eigenvalue weighted by Crippen LogP contribution is -2.37. The number of nitrogens with one attached hydrogen (secondary N) is 1. The van der Waals surface area contributed by atoms with Crippen molar-refractivity contribution >= 4 is 6.03 Å². The van der Waals surface area contributed by atoms with E-state index in [0.717, 1.165) is 31.6 Å². The summed E-state index contributed by atoms with van der Waals surface area (Å²) in [5.41, 5.74) is 0.894. The molecule has 0 saturated carbocycles. The second-order valence-electron chi connectivity index (χ2n) is 3.83. The molecule has 1 aromatic heterocycles. The van der Waals surface area contributed by atoms with Crippen LogP contribution in [0.4, 0.5) is 4.79 Å². The number of likely N-dealkylation sites (tertiary alicyclic amines) is 1. The average Bonchev–Trinajstić information content (AvgIpc) is 2.84. The molecule has 1 saturated heterocycles. The molecule has 1 aromatic rings. The Morgan fingerprint density at radius 1 is 1.53 bits per heavy atom. The Kier molecular flexibility index (Phi) is 2.89. The van der Waals surface area contributed by atoms with Crippen molar-refractivity contribution in [1.82, 2.24) is 20.0 Å². The lowest BCUT2D eigenvalue weighted by molar-refractivity contribution is 0.208. The largest absolute Gasteiger partial charge is 0.332 e. The van der Waals surface area contributed by atoms with Gasteiger partial charge in [0.1, 0.15) is 0 Å². The van der Waals surface area contributed by atoms with Crippen molar-refractivity contribution in [2.75, 3.05) is 13.1 Å². The zero-order valence-electron chi connectivity index (χ0n) is 8.94. The zero-order chi connectivity index (χ0) is 10.7. The van der Waals surface area contributed by atoms with Crippen molar-refractivity contribution in [3.63, 3.8) is 0 Å². The minimum atomic E-state index is 0.0261. The van der Waals surface area contributed by atoms with Gasteiger partial charge in [-0.2, -0.15) is 5.10 Å². The van der Waals surface area contributed by atoms with Gasteiger partial charge in [-0.1, -0.05) is 0 Å². The smallest absolute Gasteiger partial charge is 0.317 e. The van der Waals surface area contributed by atoms with Crippen LogP contribution in [0.25, 0.3) is 0 Å². The average molecular weight is 208 g/mol. The molecule has 5 heteroatoms. The first-order chi connectivity index (χ1) is 7.25. The van der Waals surface area contributed by atoms with Gasteiger partial charge in [-0.15, -0.1) is 0 Å². The van der Waals surface area contributed by atoms with Gasteiger partial charge in [0.15, 0.2) is 0 Å². The van der Waals surface area contributed by atoms with Crippen LogP contribution < -0.4 is 5.32 Å². The number of amides is 2. The molecule has 5 nitrogen and oxygen atoms in total. The highest BCUT2D eigenvalue weighted by Crippen LogP contribution is 2.07. The summed E-state index contributed by atoms with van der Waals surface area (Å²) in [6, 6.07) is 1.93. The first kappa shape index (κ1) is 10.0. The lowest BCUT2D eigenvalue weighted by Gasteiger charge is -2.15. The Balaban J connectivity index is 1.80. The standard InChI is InChI=1S/C10H16N4O/c1-13-7-4-9(12-13)8-11-10(15)14-5-2-3-6-14/h4,7H,2-3,5-6,8H2,1H3,(H,11,15). The quantitative estimate of drug-likeness (QED) is 0.778. The molecule has 0 unspecified atom stereocenters. The molecule has 15 heavy (non-hydrogen) atoms. The van der Waals surface area contributed by atoms with Crippen LogP contribution in [0.3, 0.4) is 0 Å². The highest BCUT2D eigenvalue weighted by Gasteiger charge is 2.17. The Morgan fingerprint density at radius 2 is 2.27 bits per heavy atom. The molecule has 0 radical (unpaired) electrons.